The van der Waals surface area contributed by atoms with Crippen LogP contribution in [-0.4, -0.2) is 73.3 Å². The van der Waals surface area contributed by atoms with E-state index in [-0.39, 0.29) is 6.42 Å². The van der Waals surface area contributed by atoms with Gasteiger partial charge in [-0.05, 0) is 52.2 Å². The second kappa shape index (κ2) is 16.0. The number of ether oxygens (including phenoxy) is 2. The molecule has 2 aliphatic rings. The van der Waals surface area contributed by atoms with E-state index in [2.05, 4.69) is 0 Å². The molecule has 0 spiro atoms. The molecule has 276 valence electrons. The third kappa shape index (κ3) is 9.29. The Bertz CT molecular complexity index is 2160. The molecule has 1 aliphatic heterocycles. The van der Waals surface area contributed by atoms with E-state index in [1.807, 2.05) is 21.6 Å². The molecule has 1 saturated heterocycles. The summed E-state index contributed by atoms with van der Waals surface area (Å²) in [4.78, 5) is 45.9. The van der Waals surface area contributed by atoms with E-state index in [9.17, 15) is 57.2 Å². The van der Waals surface area contributed by atoms with Crippen LogP contribution in [0.15, 0.2) is 39.6 Å². The molecule has 52 heavy (non-hydrogen) atoms. The zero-order chi connectivity index (χ0) is 38.6. The Labute approximate surface area is 307 Å². The Morgan fingerprint density at radius 1 is 0.904 bits per heavy atom. The number of nitro benzene ring substituents is 2. The van der Waals surface area contributed by atoms with E-state index in [0.29, 0.717) is 23.8 Å². The molecule has 2 aromatic rings. The van der Waals surface area contributed by atoms with Crippen molar-refractivity contribution in [3.8, 4) is 23.3 Å². The number of rotatable bonds is 14. The molecule has 4 rings (SSSR count). The Morgan fingerprint density at radius 2 is 1.46 bits per heavy atom. The second-order valence-corrected chi connectivity index (χ2v) is 19.6. The van der Waals surface area contributed by atoms with Gasteiger partial charge in [0.1, 0.15) is 29.9 Å². The summed E-state index contributed by atoms with van der Waals surface area (Å²) in [7, 11) is -5.52. The van der Waals surface area contributed by atoms with E-state index in [1.54, 1.807) is 12.1 Å². The quantitative estimate of drug-likeness (QED) is 0.0489. The van der Waals surface area contributed by atoms with Crippen LogP contribution in [0.5, 0.6) is 0 Å². The minimum Gasteiger partial charge on any atom is -0.465 e. The molecule has 20 heteroatoms. The van der Waals surface area contributed by atoms with Gasteiger partial charge in [-0.3, -0.25) is 29.8 Å². The van der Waals surface area contributed by atoms with Crippen molar-refractivity contribution >= 4 is 70.1 Å². The standard InChI is InChI=1S/C32H32N4O12S4/c1-32(2,3)48-28(38)18-52(45,46)22-13-24-29(19(16-33)17-34)23-12-21(14-25(35(39)40)30(23)31(24)26(15-22)36(41)42)51(43,44)11-9-47-27(37)7-5-4-6-20-8-10-49-50-20/h12-15,20H,4-11,18H2,1-3H3. The van der Waals surface area contributed by atoms with Gasteiger partial charge in [-0.1, -0.05) is 28.0 Å². The maximum atomic E-state index is 13.5. The molecule has 0 amide bonds. The van der Waals surface area contributed by atoms with Gasteiger partial charge in [0.05, 0.1) is 36.5 Å². The van der Waals surface area contributed by atoms with Gasteiger partial charge < -0.3 is 9.47 Å². The first-order valence-corrected chi connectivity index (χ1v) is 21.3. The number of nitriles is 2. The average molecular weight is 793 g/mol. The van der Waals surface area contributed by atoms with E-state index >= 15 is 0 Å². The van der Waals surface area contributed by atoms with Crippen LogP contribution in [0.25, 0.3) is 16.7 Å². The summed E-state index contributed by atoms with van der Waals surface area (Å²) in [6, 6.07) is 6.10. The molecule has 1 atom stereocenters. The number of hydrogen-bond donors (Lipinski definition) is 0. The van der Waals surface area contributed by atoms with Crippen LogP contribution in [-0.2, 0) is 38.7 Å². The number of fused-ring (bicyclic) bond motifs is 3. The summed E-state index contributed by atoms with van der Waals surface area (Å²) in [6.07, 6.45) is 3.47. The minimum absolute atomic E-state index is 0.0701. The number of allylic oxidation sites excluding steroid dienone is 1. The summed E-state index contributed by atoms with van der Waals surface area (Å²) >= 11 is 0. The van der Waals surface area contributed by atoms with Gasteiger partial charge in [0.15, 0.2) is 25.4 Å². The SMILES string of the molecule is CC(C)(C)OC(=O)CS(=O)(=O)c1cc2c(c([N+](=O)[O-])c1)-c1c(cc(S(=O)(=O)CCOC(=O)CCCCC3CCSS3)cc1[N+](=O)[O-])C2=C(C#N)C#N. The van der Waals surface area contributed by atoms with Crippen LogP contribution >= 0.6 is 21.6 Å². The van der Waals surface area contributed by atoms with Crippen LogP contribution in [0, 0.1) is 42.9 Å². The Balaban J connectivity index is 1.73. The number of unbranched alkanes of at least 4 members (excludes halogenated alkanes) is 1. The Morgan fingerprint density at radius 3 is 1.94 bits per heavy atom. The molecule has 16 nitrogen and oxygen atoms in total. The molecular weight excluding hydrogens is 761 g/mol. The lowest BCUT2D eigenvalue weighted by Gasteiger charge is -2.19. The van der Waals surface area contributed by atoms with Crippen molar-refractivity contribution in [2.45, 2.75) is 73.5 Å². The molecule has 0 saturated carbocycles. The van der Waals surface area contributed by atoms with E-state index in [0.717, 1.165) is 37.1 Å². The monoisotopic (exact) mass is 792 g/mol. The van der Waals surface area contributed by atoms with Crippen molar-refractivity contribution in [2.75, 3.05) is 23.9 Å². The first-order valence-electron chi connectivity index (χ1n) is 15.6. The van der Waals surface area contributed by atoms with E-state index in [4.69, 9.17) is 9.47 Å². The van der Waals surface area contributed by atoms with Gasteiger partial charge in [-0.15, -0.1) is 0 Å². The predicted molar refractivity (Wildman–Crippen MR) is 190 cm³/mol. The molecule has 0 bridgehead atoms. The average Bonchev–Trinajstić information content (AvgIpc) is 3.68. The van der Waals surface area contributed by atoms with Gasteiger partial charge in [0.2, 0.25) is 0 Å². The van der Waals surface area contributed by atoms with Gasteiger partial charge in [-0.2, -0.15) is 10.5 Å². The van der Waals surface area contributed by atoms with Crippen molar-refractivity contribution < 1.29 is 45.7 Å². The summed E-state index contributed by atoms with van der Waals surface area (Å²) in [5, 5.41) is 45.0. The number of carbonyl (C=O) groups excluding carboxylic acids is 2. The fourth-order valence-corrected chi connectivity index (χ4v) is 10.9. The molecule has 0 aromatic heterocycles. The normalized spacial score (nSPS) is 15.2. The zero-order valence-electron chi connectivity index (χ0n) is 28.1. The highest BCUT2D eigenvalue weighted by atomic mass is 33.1. The van der Waals surface area contributed by atoms with Crippen molar-refractivity contribution in [1.29, 1.82) is 10.5 Å². The molecular formula is C32H32N4O12S4. The fraction of sp³-hybridized carbons (Fsp3) is 0.438. The van der Waals surface area contributed by atoms with Gasteiger partial charge in [0, 0.05) is 46.3 Å². The summed E-state index contributed by atoms with van der Waals surface area (Å²) in [5.74, 6) is -2.76. The van der Waals surface area contributed by atoms with Crippen molar-refractivity contribution in [3.05, 3.63) is 61.2 Å². The maximum Gasteiger partial charge on any atom is 0.322 e. The lowest BCUT2D eigenvalue weighted by Crippen LogP contribution is -2.28. The number of nitrogens with zero attached hydrogens (tertiary/aromatic N) is 4. The van der Waals surface area contributed by atoms with Gasteiger partial charge in [-0.25, -0.2) is 16.8 Å². The van der Waals surface area contributed by atoms with E-state index in [1.165, 1.54) is 20.8 Å². The molecule has 1 unspecified atom stereocenters. The van der Waals surface area contributed by atoms with E-state index < -0.39 is 120 Å². The molecule has 0 N–H and O–H groups in total. The number of carbonyl (C=O) groups is 2. The van der Waals surface area contributed by atoms with Gasteiger partial charge >= 0.3 is 11.9 Å². The number of hydrogen-bond acceptors (Lipinski definition) is 16. The Kier molecular flexibility index (Phi) is 12.4. The highest BCUT2D eigenvalue weighted by molar-refractivity contribution is 8.77. The van der Waals surface area contributed by atoms with Crippen LogP contribution in [0.3, 0.4) is 0 Å². The third-order valence-corrected chi connectivity index (χ3v) is 14.0. The first kappa shape index (κ1) is 40.3. The van der Waals surface area contributed by atoms with Crippen LogP contribution in [0.1, 0.15) is 64.0 Å². The molecule has 1 heterocycles. The van der Waals surface area contributed by atoms with Crippen LogP contribution < -0.4 is 0 Å². The smallest absolute Gasteiger partial charge is 0.322 e. The maximum absolute atomic E-state index is 13.5. The predicted octanol–water partition coefficient (Wildman–Crippen LogP) is 5.48. The van der Waals surface area contributed by atoms with Crippen molar-refractivity contribution in [3.63, 3.8) is 0 Å². The third-order valence-electron chi connectivity index (χ3n) is 7.78. The van der Waals surface area contributed by atoms with Crippen molar-refractivity contribution in [2.24, 2.45) is 0 Å². The minimum atomic E-state index is -4.69. The summed E-state index contributed by atoms with van der Waals surface area (Å²) in [5.41, 5.74) is -6.22. The number of esters is 2. The highest BCUT2D eigenvalue weighted by Crippen LogP contribution is 2.54. The largest absolute Gasteiger partial charge is 0.465 e. The first-order chi connectivity index (χ1) is 24.3. The zero-order valence-corrected chi connectivity index (χ0v) is 31.3. The summed E-state index contributed by atoms with van der Waals surface area (Å²) in [6.45, 7) is 3.88. The number of benzene rings is 2. The molecule has 2 aromatic carbocycles. The van der Waals surface area contributed by atoms with Crippen molar-refractivity contribution in [1.82, 2.24) is 0 Å². The molecule has 0 radical (unpaired) electrons. The topological polar surface area (TPSA) is 255 Å². The molecule has 1 aliphatic carbocycles. The van der Waals surface area contributed by atoms with Crippen LogP contribution in [0.4, 0.5) is 11.4 Å². The highest BCUT2D eigenvalue weighted by Gasteiger charge is 2.41. The number of nitro groups is 2. The van der Waals surface area contributed by atoms with Crippen LogP contribution in [0.2, 0.25) is 0 Å². The Hall–Kier alpha value is -4.50. The fourth-order valence-electron chi connectivity index (χ4n) is 5.59. The number of sulfone groups is 2. The lowest BCUT2D eigenvalue weighted by molar-refractivity contribution is -0.386. The lowest BCUT2D eigenvalue weighted by atomic mass is 9.99. The second-order valence-electron chi connectivity index (χ2n) is 12.7. The molecule has 1 fully saturated rings. The summed E-state index contributed by atoms with van der Waals surface area (Å²) < 4.78 is 63.7. The van der Waals surface area contributed by atoms with Gasteiger partial charge in [0.25, 0.3) is 11.4 Å².